The fourth-order valence-corrected chi connectivity index (χ4v) is 3.79. The number of halogens is 1. The number of hydrogen-bond acceptors (Lipinski definition) is 3. The van der Waals surface area contributed by atoms with Gasteiger partial charge >= 0.3 is 0 Å². The molecule has 6 nitrogen and oxygen atoms in total. The van der Waals surface area contributed by atoms with Crippen molar-refractivity contribution in [1.82, 2.24) is 25.3 Å². The van der Waals surface area contributed by atoms with Crippen molar-refractivity contribution in [3.05, 3.63) is 53.9 Å². The van der Waals surface area contributed by atoms with Crippen molar-refractivity contribution in [3.63, 3.8) is 0 Å². The Morgan fingerprint density at radius 1 is 1.17 bits per heavy atom. The molecule has 160 valence electrons. The molecule has 1 aromatic heterocycles. The lowest BCUT2D eigenvalue weighted by atomic mass is 9.98. The maximum absolute atomic E-state index is 4.85. The first-order valence-corrected chi connectivity index (χ1v) is 10.6. The molecule has 0 bridgehead atoms. The quantitative estimate of drug-likeness (QED) is 0.325. The number of hydrogen-bond donors (Lipinski definition) is 2. The van der Waals surface area contributed by atoms with Gasteiger partial charge < -0.3 is 15.5 Å². The molecule has 1 saturated heterocycles. The first-order chi connectivity index (χ1) is 13.8. The zero-order valence-corrected chi connectivity index (χ0v) is 20.0. The van der Waals surface area contributed by atoms with Gasteiger partial charge in [0.15, 0.2) is 5.96 Å². The normalized spacial score (nSPS) is 17.6. The molecular formula is C22H35IN6. The summed E-state index contributed by atoms with van der Waals surface area (Å²) in [6, 6.07) is 10.4. The molecule has 2 aromatic rings. The number of benzene rings is 1. The van der Waals surface area contributed by atoms with E-state index in [1.54, 1.807) is 0 Å². The Morgan fingerprint density at radius 3 is 2.72 bits per heavy atom. The number of piperidine rings is 1. The minimum atomic E-state index is 0. The van der Waals surface area contributed by atoms with Gasteiger partial charge in [-0.25, -0.2) is 4.99 Å². The summed E-state index contributed by atoms with van der Waals surface area (Å²) in [6.45, 7) is 11.2. The first kappa shape index (κ1) is 23.7. The number of nitrogens with one attached hydrogen (secondary N) is 2. The lowest BCUT2D eigenvalue weighted by Crippen LogP contribution is -2.44. The summed E-state index contributed by atoms with van der Waals surface area (Å²) < 4.78 is 1.95. The molecule has 1 aliphatic rings. The maximum atomic E-state index is 4.85. The van der Waals surface area contributed by atoms with E-state index in [0.717, 1.165) is 32.1 Å². The van der Waals surface area contributed by atoms with Crippen molar-refractivity contribution in [2.45, 2.75) is 39.8 Å². The lowest BCUT2D eigenvalue weighted by Gasteiger charge is -2.32. The molecule has 0 saturated carbocycles. The highest BCUT2D eigenvalue weighted by atomic mass is 127. The number of nitrogens with zero attached hydrogens (tertiary/aromatic N) is 4. The number of guanidine groups is 1. The zero-order valence-electron chi connectivity index (χ0n) is 17.7. The van der Waals surface area contributed by atoms with Gasteiger partial charge in [-0.2, -0.15) is 5.10 Å². The van der Waals surface area contributed by atoms with Crippen LogP contribution in [0.4, 0.5) is 0 Å². The van der Waals surface area contributed by atoms with Crippen LogP contribution < -0.4 is 10.6 Å². The molecule has 1 aromatic carbocycles. The molecular weight excluding hydrogens is 475 g/mol. The highest BCUT2D eigenvalue weighted by Crippen LogP contribution is 2.15. The summed E-state index contributed by atoms with van der Waals surface area (Å²) in [4.78, 5) is 7.40. The largest absolute Gasteiger partial charge is 0.357 e. The van der Waals surface area contributed by atoms with Crippen LogP contribution in [0.15, 0.2) is 47.7 Å². The number of aromatic nitrogens is 2. The molecule has 1 unspecified atom stereocenters. The second-order valence-electron chi connectivity index (χ2n) is 7.45. The minimum Gasteiger partial charge on any atom is -0.357 e. The summed E-state index contributed by atoms with van der Waals surface area (Å²) in [5, 5.41) is 11.3. The third-order valence-electron chi connectivity index (χ3n) is 5.37. The molecule has 1 aliphatic heterocycles. The summed E-state index contributed by atoms with van der Waals surface area (Å²) in [5.74, 6) is 1.61. The molecule has 2 N–H and O–H groups in total. The number of rotatable bonds is 8. The van der Waals surface area contributed by atoms with Gasteiger partial charge in [0.2, 0.25) is 0 Å². The highest BCUT2D eigenvalue weighted by Gasteiger charge is 2.18. The molecule has 29 heavy (non-hydrogen) atoms. The van der Waals surface area contributed by atoms with Crippen LogP contribution in [-0.4, -0.2) is 53.4 Å². The van der Waals surface area contributed by atoms with Gasteiger partial charge in [-0.15, -0.1) is 24.0 Å². The van der Waals surface area contributed by atoms with Gasteiger partial charge in [0.1, 0.15) is 0 Å². The van der Waals surface area contributed by atoms with E-state index in [0.29, 0.717) is 12.5 Å². The molecule has 1 fully saturated rings. The van der Waals surface area contributed by atoms with Crippen molar-refractivity contribution < 1.29 is 0 Å². The van der Waals surface area contributed by atoms with Crippen LogP contribution in [-0.2, 0) is 13.1 Å². The van der Waals surface area contributed by atoms with Crippen LogP contribution in [0.1, 0.15) is 37.8 Å². The van der Waals surface area contributed by atoms with Crippen molar-refractivity contribution in [3.8, 4) is 0 Å². The molecule has 1 atom stereocenters. The molecule has 0 aliphatic carbocycles. The van der Waals surface area contributed by atoms with Gasteiger partial charge in [0.25, 0.3) is 0 Å². The molecule has 0 amide bonds. The van der Waals surface area contributed by atoms with Crippen LogP contribution in [0.3, 0.4) is 0 Å². The summed E-state index contributed by atoms with van der Waals surface area (Å²) in [5.41, 5.74) is 2.50. The topological polar surface area (TPSA) is 57.5 Å². The van der Waals surface area contributed by atoms with Gasteiger partial charge in [-0.3, -0.25) is 4.68 Å². The SMILES string of the molecule is CCNC(=NCc1ccccc1Cn1cccn1)NCC1CCCN(CC)C1.I. The van der Waals surface area contributed by atoms with E-state index in [4.69, 9.17) is 4.99 Å². The third kappa shape index (κ3) is 7.62. The van der Waals surface area contributed by atoms with Gasteiger partial charge in [-0.1, -0.05) is 31.2 Å². The molecule has 7 heteroatoms. The Morgan fingerprint density at radius 2 is 2.00 bits per heavy atom. The van der Waals surface area contributed by atoms with E-state index < -0.39 is 0 Å². The van der Waals surface area contributed by atoms with Crippen molar-refractivity contribution in [2.75, 3.05) is 32.7 Å². The van der Waals surface area contributed by atoms with E-state index in [2.05, 4.69) is 58.7 Å². The van der Waals surface area contributed by atoms with E-state index in [-0.39, 0.29) is 24.0 Å². The Bertz CT molecular complexity index is 731. The van der Waals surface area contributed by atoms with Crippen molar-refractivity contribution in [2.24, 2.45) is 10.9 Å². The monoisotopic (exact) mass is 510 g/mol. The predicted octanol–water partition coefficient (Wildman–Crippen LogP) is 3.34. The van der Waals surface area contributed by atoms with E-state index in [9.17, 15) is 0 Å². The van der Waals surface area contributed by atoms with Crippen molar-refractivity contribution in [1.29, 1.82) is 0 Å². The van der Waals surface area contributed by atoms with Gasteiger partial charge in [-0.05, 0) is 56.0 Å². The van der Waals surface area contributed by atoms with Crippen molar-refractivity contribution >= 4 is 29.9 Å². The zero-order chi connectivity index (χ0) is 19.6. The standard InChI is InChI=1S/C22H34N6.HI/c1-3-23-22(24-15-19-9-7-13-27(4-2)17-19)25-16-20-10-5-6-11-21(20)18-28-14-8-12-26-28;/h5-6,8,10-12,14,19H,3-4,7,9,13,15-18H2,1-2H3,(H2,23,24,25);1H. The van der Waals surface area contributed by atoms with Crippen LogP contribution in [0.2, 0.25) is 0 Å². The summed E-state index contributed by atoms with van der Waals surface area (Å²) in [6.07, 6.45) is 6.42. The van der Waals surface area contributed by atoms with Crippen LogP contribution in [0.25, 0.3) is 0 Å². The minimum absolute atomic E-state index is 0. The van der Waals surface area contributed by atoms with Gasteiger partial charge in [0, 0.05) is 32.0 Å². The highest BCUT2D eigenvalue weighted by molar-refractivity contribution is 14.0. The van der Waals surface area contributed by atoms with E-state index >= 15 is 0 Å². The summed E-state index contributed by atoms with van der Waals surface area (Å²) >= 11 is 0. The van der Waals surface area contributed by atoms with Crippen LogP contribution >= 0.6 is 24.0 Å². The maximum Gasteiger partial charge on any atom is 0.191 e. The van der Waals surface area contributed by atoms with Crippen LogP contribution in [0, 0.1) is 5.92 Å². The van der Waals surface area contributed by atoms with E-state index in [1.165, 1.54) is 37.1 Å². The second-order valence-corrected chi connectivity index (χ2v) is 7.45. The number of aliphatic imine (C=N–C) groups is 1. The fraction of sp³-hybridized carbons (Fsp3) is 0.545. The lowest BCUT2D eigenvalue weighted by molar-refractivity contribution is 0.183. The molecule has 0 radical (unpaired) electrons. The Hall–Kier alpha value is -1.61. The van der Waals surface area contributed by atoms with E-state index in [1.807, 2.05) is 23.1 Å². The first-order valence-electron chi connectivity index (χ1n) is 10.6. The smallest absolute Gasteiger partial charge is 0.191 e. The average molecular weight is 510 g/mol. The van der Waals surface area contributed by atoms with Gasteiger partial charge in [0.05, 0.1) is 13.1 Å². The Labute approximate surface area is 192 Å². The average Bonchev–Trinajstić information content (AvgIpc) is 3.24. The summed E-state index contributed by atoms with van der Waals surface area (Å²) in [7, 11) is 0. The number of likely N-dealkylation sites (tertiary alicyclic amines) is 1. The Balaban J connectivity index is 0.00000300. The molecule has 2 heterocycles. The predicted molar refractivity (Wildman–Crippen MR) is 131 cm³/mol. The molecule has 0 spiro atoms. The van der Waals surface area contributed by atoms with Crippen LogP contribution in [0.5, 0.6) is 0 Å². The second kappa shape index (κ2) is 12.8. The Kier molecular flexibility index (Phi) is 10.5. The third-order valence-corrected chi connectivity index (χ3v) is 5.37. The molecule has 3 rings (SSSR count). The fourth-order valence-electron chi connectivity index (χ4n) is 3.79.